The Morgan fingerprint density at radius 3 is 2.31 bits per heavy atom. The van der Waals surface area contributed by atoms with E-state index in [1.807, 2.05) is 0 Å². The predicted octanol–water partition coefficient (Wildman–Crippen LogP) is 1.08. The van der Waals surface area contributed by atoms with Crippen molar-refractivity contribution in [2.24, 2.45) is 5.73 Å². The first kappa shape index (κ1) is 12.9. The summed E-state index contributed by atoms with van der Waals surface area (Å²) in [4.78, 5) is 2.30. The molecular weight excluding hydrogens is 164 g/mol. The summed E-state index contributed by atoms with van der Waals surface area (Å²) in [5, 5.41) is 0. The molecule has 3 nitrogen and oxygen atoms in total. The molecule has 0 saturated carbocycles. The molecule has 2 N–H and O–H groups in total. The van der Waals surface area contributed by atoms with Crippen LogP contribution in [0.3, 0.4) is 0 Å². The minimum atomic E-state index is 0.149. The molecular formula is C10H24N2O. The summed E-state index contributed by atoms with van der Waals surface area (Å²) in [6, 6.07) is 0. The zero-order chi connectivity index (χ0) is 10.5. The SMILES string of the molecule is CCC(C)(C)N(C)CC(CN)OC. The maximum atomic E-state index is 5.56. The lowest BCUT2D eigenvalue weighted by atomic mass is 9.99. The van der Waals surface area contributed by atoms with E-state index >= 15 is 0 Å². The maximum absolute atomic E-state index is 5.56. The standard InChI is InChI=1S/C10H24N2O/c1-6-10(2,3)12(4)8-9(7-11)13-5/h9H,6-8,11H2,1-5H3. The van der Waals surface area contributed by atoms with Gasteiger partial charge in [-0.3, -0.25) is 4.90 Å². The van der Waals surface area contributed by atoms with Gasteiger partial charge in [-0.1, -0.05) is 6.92 Å². The zero-order valence-electron chi connectivity index (χ0n) is 9.63. The summed E-state index contributed by atoms with van der Waals surface area (Å²) in [5.74, 6) is 0. The Morgan fingerprint density at radius 2 is 2.00 bits per heavy atom. The fourth-order valence-electron chi connectivity index (χ4n) is 1.07. The molecule has 0 aromatic carbocycles. The highest BCUT2D eigenvalue weighted by Crippen LogP contribution is 2.16. The first-order valence-corrected chi connectivity index (χ1v) is 4.92. The smallest absolute Gasteiger partial charge is 0.0820 e. The van der Waals surface area contributed by atoms with Crippen molar-refractivity contribution in [1.29, 1.82) is 0 Å². The van der Waals surface area contributed by atoms with E-state index in [2.05, 4.69) is 32.7 Å². The van der Waals surface area contributed by atoms with Crippen molar-refractivity contribution in [3.63, 3.8) is 0 Å². The second-order valence-corrected chi connectivity index (χ2v) is 4.14. The lowest BCUT2D eigenvalue weighted by molar-refractivity contribution is 0.0420. The monoisotopic (exact) mass is 188 g/mol. The third kappa shape index (κ3) is 4.07. The van der Waals surface area contributed by atoms with Crippen molar-refractivity contribution in [2.45, 2.75) is 38.8 Å². The Balaban J connectivity index is 4.04. The lowest BCUT2D eigenvalue weighted by Gasteiger charge is -2.36. The second-order valence-electron chi connectivity index (χ2n) is 4.14. The van der Waals surface area contributed by atoms with Crippen LogP contribution in [-0.2, 0) is 4.74 Å². The van der Waals surface area contributed by atoms with Crippen LogP contribution < -0.4 is 5.73 Å². The van der Waals surface area contributed by atoms with Crippen LogP contribution in [0.1, 0.15) is 27.2 Å². The molecule has 1 atom stereocenters. The van der Waals surface area contributed by atoms with E-state index in [4.69, 9.17) is 10.5 Å². The number of nitrogens with two attached hydrogens (primary N) is 1. The molecule has 0 heterocycles. The van der Waals surface area contributed by atoms with Crippen molar-refractivity contribution in [3.8, 4) is 0 Å². The number of nitrogens with zero attached hydrogens (tertiary/aromatic N) is 1. The fraction of sp³-hybridized carbons (Fsp3) is 1.00. The molecule has 0 aromatic rings. The number of rotatable bonds is 6. The van der Waals surface area contributed by atoms with Gasteiger partial charge in [0, 0.05) is 25.7 Å². The number of likely N-dealkylation sites (N-methyl/N-ethyl adjacent to an activating group) is 1. The molecule has 0 radical (unpaired) electrons. The molecule has 0 bridgehead atoms. The summed E-state index contributed by atoms with van der Waals surface area (Å²) in [5.41, 5.74) is 5.79. The Bertz CT molecular complexity index is 133. The number of ether oxygens (including phenoxy) is 1. The summed E-state index contributed by atoms with van der Waals surface area (Å²) < 4.78 is 5.24. The molecule has 0 aliphatic carbocycles. The van der Waals surface area contributed by atoms with Crippen LogP contribution in [-0.4, -0.2) is 43.8 Å². The highest BCUT2D eigenvalue weighted by Gasteiger charge is 2.23. The molecule has 0 aliphatic heterocycles. The molecule has 13 heavy (non-hydrogen) atoms. The van der Waals surface area contributed by atoms with Crippen LogP contribution in [0.5, 0.6) is 0 Å². The van der Waals surface area contributed by atoms with Crippen molar-refractivity contribution < 1.29 is 4.74 Å². The normalized spacial score (nSPS) is 15.0. The predicted molar refractivity (Wildman–Crippen MR) is 56.9 cm³/mol. The van der Waals surface area contributed by atoms with E-state index < -0.39 is 0 Å². The van der Waals surface area contributed by atoms with Crippen LogP contribution in [0.2, 0.25) is 0 Å². The molecule has 0 amide bonds. The minimum Gasteiger partial charge on any atom is -0.379 e. The third-order valence-corrected chi connectivity index (χ3v) is 2.97. The molecule has 80 valence electrons. The van der Waals surface area contributed by atoms with Gasteiger partial charge in [0.15, 0.2) is 0 Å². The van der Waals surface area contributed by atoms with E-state index in [1.54, 1.807) is 7.11 Å². The van der Waals surface area contributed by atoms with Crippen molar-refractivity contribution >= 4 is 0 Å². The van der Waals surface area contributed by atoms with Gasteiger partial charge in [-0.2, -0.15) is 0 Å². The highest BCUT2D eigenvalue weighted by atomic mass is 16.5. The Hall–Kier alpha value is -0.120. The number of hydrogen-bond acceptors (Lipinski definition) is 3. The quantitative estimate of drug-likeness (QED) is 0.678. The molecule has 1 unspecified atom stereocenters. The van der Waals surface area contributed by atoms with Gasteiger partial charge in [-0.15, -0.1) is 0 Å². The highest BCUT2D eigenvalue weighted by molar-refractivity contribution is 4.79. The molecule has 3 heteroatoms. The van der Waals surface area contributed by atoms with Crippen molar-refractivity contribution in [1.82, 2.24) is 4.90 Å². The van der Waals surface area contributed by atoms with E-state index in [9.17, 15) is 0 Å². The van der Waals surface area contributed by atoms with Gasteiger partial charge < -0.3 is 10.5 Å². The number of methoxy groups -OCH3 is 1. The minimum absolute atomic E-state index is 0.149. The van der Waals surface area contributed by atoms with E-state index in [0.717, 1.165) is 13.0 Å². The van der Waals surface area contributed by atoms with Gasteiger partial charge in [0.05, 0.1) is 6.10 Å². The van der Waals surface area contributed by atoms with Crippen LogP contribution >= 0.6 is 0 Å². The summed E-state index contributed by atoms with van der Waals surface area (Å²) in [6.45, 7) is 8.14. The van der Waals surface area contributed by atoms with Gasteiger partial charge in [-0.05, 0) is 27.3 Å². The van der Waals surface area contributed by atoms with E-state index in [1.165, 1.54) is 0 Å². The molecule has 0 saturated heterocycles. The average molecular weight is 188 g/mol. The largest absolute Gasteiger partial charge is 0.379 e. The summed E-state index contributed by atoms with van der Waals surface area (Å²) >= 11 is 0. The van der Waals surface area contributed by atoms with Crippen LogP contribution in [0.15, 0.2) is 0 Å². The second kappa shape index (κ2) is 5.58. The molecule has 0 rings (SSSR count). The topological polar surface area (TPSA) is 38.5 Å². The number of hydrogen-bond donors (Lipinski definition) is 1. The van der Waals surface area contributed by atoms with Crippen LogP contribution in [0.4, 0.5) is 0 Å². The fourth-order valence-corrected chi connectivity index (χ4v) is 1.07. The van der Waals surface area contributed by atoms with Gasteiger partial charge in [-0.25, -0.2) is 0 Å². The summed E-state index contributed by atoms with van der Waals surface area (Å²) in [7, 11) is 3.83. The van der Waals surface area contributed by atoms with Crippen molar-refractivity contribution in [2.75, 3.05) is 27.2 Å². The first-order chi connectivity index (χ1) is 5.97. The average Bonchev–Trinajstić information content (AvgIpc) is 2.13. The summed E-state index contributed by atoms with van der Waals surface area (Å²) in [6.07, 6.45) is 1.28. The molecule has 0 aromatic heterocycles. The van der Waals surface area contributed by atoms with Gasteiger partial charge in [0.25, 0.3) is 0 Å². The van der Waals surface area contributed by atoms with E-state index in [0.29, 0.717) is 6.54 Å². The van der Waals surface area contributed by atoms with Crippen LogP contribution in [0.25, 0.3) is 0 Å². The Morgan fingerprint density at radius 1 is 1.46 bits per heavy atom. The Labute approximate surface area is 82.2 Å². The molecule has 0 aliphatic rings. The lowest BCUT2D eigenvalue weighted by Crippen LogP contribution is -2.46. The van der Waals surface area contributed by atoms with Gasteiger partial charge >= 0.3 is 0 Å². The Kier molecular flexibility index (Phi) is 5.53. The molecule has 0 fully saturated rings. The molecule has 0 spiro atoms. The van der Waals surface area contributed by atoms with Crippen molar-refractivity contribution in [3.05, 3.63) is 0 Å². The third-order valence-electron chi connectivity index (χ3n) is 2.97. The first-order valence-electron chi connectivity index (χ1n) is 4.92. The van der Waals surface area contributed by atoms with Gasteiger partial charge in [0.2, 0.25) is 0 Å². The zero-order valence-corrected chi connectivity index (χ0v) is 9.63. The van der Waals surface area contributed by atoms with E-state index in [-0.39, 0.29) is 11.6 Å². The van der Waals surface area contributed by atoms with Gasteiger partial charge in [0.1, 0.15) is 0 Å². The van der Waals surface area contributed by atoms with Crippen LogP contribution in [0, 0.1) is 0 Å². The maximum Gasteiger partial charge on any atom is 0.0820 e.